The molecule has 0 aliphatic carbocycles. The number of aliphatic imine (C=N–C) groups is 1. The van der Waals surface area contributed by atoms with Crippen molar-refractivity contribution in [2.24, 2.45) is 10.7 Å². The molecule has 0 spiro atoms. The van der Waals surface area contributed by atoms with Gasteiger partial charge < -0.3 is 15.2 Å². The second-order valence-corrected chi connectivity index (χ2v) is 10.2. The summed E-state index contributed by atoms with van der Waals surface area (Å²) in [6.07, 6.45) is -0.769. The van der Waals surface area contributed by atoms with Crippen LogP contribution >= 0.6 is 0 Å². The molecule has 1 fully saturated rings. The number of carbonyl (C=O) groups excluding carboxylic acids is 2. The van der Waals surface area contributed by atoms with Crippen molar-refractivity contribution in [2.75, 3.05) is 13.2 Å². The van der Waals surface area contributed by atoms with E-state index in [-0.39, 0.29) is 25.5 Å². The number of hydrogen-bond acceptors (Lipinski definition) is 13. The number of piperidine rings is 1. The average Bonchev–Trinajstić information content (AvgIpc) is 3.49. The molecule has 1 amide bonds. The van der Waals surface area contributed by atoms with E-state index in [1.54, 1.807) is 18.7 Å². The van der Waals surface area contributed by atoms with Gasteiger partial charge in [-0.2, -0.15) is 0 Å². The molecule has 15 nitrogen and oxygen atoms in total. The van der Waals surface area contributed by atoms with E-state index in [0.29, 0.717) is 48.0 Å². The number of nitrogens with zero attached hydrogens (tertiary/aromatic N) is 7. The zero-order valence-electron chi connectivity index (χ0n) is 25.3. The highest BCUT2D eigenvalue weighted by Crippen LogP contribution is 2.31. The van der Waals surface area contributed by atoms with Crippen molar-refractivity contribution in [2.45, 2.75) is 52.8 Å². The van der Waals surface area contributed by atoms with E-state index < -0.39 is 17.8 Å². The first-order chi connectivity index (χ1) is 21.5. The van der Waals surface area contributed by atoms with Crippen LogP contribution in [0.5, 0.6) is 0 Å². The summed E-state index contributed by atoms with van der Waals surface area (Å²) in [7, 11) is 0. The molecule has 0 radical (unpaired) electrons. The number of nitrogens with two attached hydrogens (primary N) is 1. The van der Waals surface area contributed by atoms with Crippen LogP contribution in [0.25, 0.3) is 22.5 Å². The fraction of sp³-hybridized carbons (Fsp3) is 0.333. The van der Waals surface area contributed by atoms with Gasteiger partial charge in [0, 0.05) is 35.4 Å². The van der Waals surface area contributed by atoms with Gasteiger partial charge in [-0.25, -0.2) is 9.79 Å². The number of carbonyl (C=O) groups is 2. The van der Waals surface area contributed by atoms with Crippen LogP contribution in [-0.4, -0.2) is 72.0 Å². The third-order valence-electron chi connectivity index (χ3n) is 6.70. The molecular formula is C30H36N8O7. The van der Waals surface area contributed by atoms with Gasteiger partial charge in [-0.05, 0) is 49.1 Å². The van der Waals surface area contributed by atoms with Gasteiger partial charge in [0.2, 0.25) is 18.0 Å². The van der Waals surface area contributed by atoms with E-state index in [0.717, 1.165) is 27.1 Å². The smallest absolute Gasteiger partial charge is 0.434 e. The number of amidine groups is 1. The van der Waals surface area contributed by atoms with Crippen LogP contribution in [0.2, 0.25) is 0 Å². The summed E-state index contributed by atoms with van der Waals surface area (Å²) in [4.78, 5) is 36.7. The molecule has 1 unspecified atom stereocenters. The molecule has 15 heteroatoms. The van der Waals surface area contributed by atoms with Crippen molar-refractivity contribution in [3.8, 4) is 22.5 Å². The third kappa shape index (κ3) is 8.79. The van der Waals surface area contributed by atoms with Crippen LogP contribution < -0.4 is 5.73 Å². The molecule has 0 bridgehead atoms. The number of likely N-dealkylation sites (tertiary alicyclic amines) is 1. The Morgan fingerprint density at radius 1 is 1.11 bits per heavy atom. The van der Waals surface area contributed by atoms with E-state index in [9.17, 15) is 9.59 Å². The Morgan fingerprint density at radius 2 is 1.82 bits per heavy atom. The Balaban J connectivity index is 1.46. The minimum Gasteiger partial charge on any atom is -0.434 e. The maximum Gasteiger partial charge on any atom is 0.510 e. The van der Waals surface area contributed by atoms with Crippen LogP contribution in [0.4, 0.5) is 4.79 Å². The van der Waals surface area contributed by atoms with Gasteiger partial charge in [-0.1, -0.05) is 55.1 Å². The largest absolute Gasteiger partial charge is 0.510 e. The molecule has 0 saturated carbocycles. The Hall–Kier alpha value is -4.96. The number of aromatic nitrogens is 4. The monoisotopic (exact) mass is 620 g/mol. The lowest BCUT2D eigenvalue weighted by Crippen LogP contribution is -2.42. The first-order valence-corrected chi connectivity index (χ1v) is 14.2. The summed E-state index contributed by atoms with van der Waals surface area (Å²) in [5, 5.41) is 29.2. The fourth-order valence-corrected chi connectivity index (χ4v) is 4.58. The van der Waals surface area contributed by atoms with Crippen molar-refractivity contribution in [1.29, 1.82) is 0 Å². The predicted molar refractivity (Wildman–Crippen MR) is 161 cm³/mol. The molecule has 1 aliphatic rings. The summed E-state index contributed by atoms with van der Waals surface area (Å²) in [6.45, 7) is 9.22. The van der Waals surface area contributed by atoms with E-state index in [1.165, 1.54) is 0 Å². The molecule has 3 aromatic rings. The van der Waals surface area contributed by atoms with Crippen LogP contribution in [0.15, 0.2) is 77.1 Å². The lowest BCUT2D eigenvalue weighted by molar-refractivity contribution is -0.492. The highest BCUT2D eigenvalue weighted by Gasteiger charge is 2.29. The maximum atomic E-state index is 12.9. The highest BCUT2D eigenvalue weighted by molar-refractivity contribution is 6.10. The maximum absolute atomic E-state index is 12.9. The minimum absolute atomic E-state index is 0.0261. The van der Waals surface area contributed by atoms with Crippen molar-refractivity contribution in [1.82, 2.24) is 30.5 Å². The molecule has 1 aromatic heterocycles. The number of benzene rings is 2. The third-order valence-corrected chi connectivity index (χ3v) is 6.70. The highest BCUT2D eigenvalue weighted by atomic mass is 17.1. The van der Waals surface area contributed by atoms with Gasteiger partial charge in [0.25, 0.3) is 0 Å². The lowest BCUT2D eigenvalue weighted by atomic mass is 9.97. The Morgan fingerprint density at radius 3 is 2.49 bits per heavy atom. The Bertz CT molecular complexity index is 1580. The SMILES string of the molecule is C=C(C)N=C1/C(=C(/C)N)CCC(=O)N1Cc1ccc(-c2ccccc2-c2nnn(C(C)OC(=O)OCCCON(O)O)n2)cc1. The summed E-state index contributed by atoms with van der Waals surface area (Å²) in [5.74, 6) is 0.839. The van der Waals surface area contributed by atoms with Crippen molar-refractivity contribution in [3.63, 3.8) is 0 Å². The molecule has 1 atom stereocenters. The van der Waals surface area contributed by atoms with Gasteiger partial charge in [0.15, 0.2) is 0 Å². The Labute approximate surface area is 259 Å². The van der Waals surface area contributed by atoms with E-state index in [4.69, 9.17) is 25.6 Å². The zero-order chi connectivity index (χ0) is 32.5. The summed E-state index contributed by atoms with van der Waals surface area (Å²) < 4.78 is 10.1. The zero-order valence-corrected chi connectivity index (χ0v) is 25.3. The first-order valence-electron chi connectivity index (χ1n) is 14.2. The predicted octanol–water partition coefficient (Wildman–Crippen LogP) is 4.37. The van der Waals surface area contributed by atoms with Gasteiger partial charge in [0.05, 0.1) is 25.1 Å². The number of rotatable bonds is 12. The van der Waals surface area contributed by atoms with E-state index >= 15 is 0 Å². The standard InChI is InChI=1S/C30H36N8O7/c1-19(2)32-29-24(20(3)31)14-15-27(39)36(29)18-22-10-12-23(13-11-22)25-8-5-6-9-26(25)28-33-35-37(34-28)21(4)45-30(40)43-16-7-17-44-38(41)42/h5-6,8-13,21,41-42H,1,7,14-18,31H2,2-4H3/b24-20-,32-29?. The topological polar surface area (TPSA) is 191 Å². The van der Waals surface area contributed by atoms with Crippen molar-refractivity contribution < 1.29 is 34.3 Å². The summed E-state index contributed by atoms with van der Waals surface area (Å²) >= 11 is 0. The fourth-order valence-electron chi connectivity index (χ4n) is 4.58. The molecule has 2 heterocycles. The average molecular weight is 621 g/mol. The number of hydrogen-bond donors (Lipinski definition) is 3. The molecule has 1 aliphatic heterocycles. The summed E-state index contributed by atoms with van der Waals surface area (Å²) in [5.41, 5.74) is 11.6. The quantitative estimate of drug-likeness (QED) is 0.147. The second kappa shape index (κ2) is 15.2. The van der Waals surface area contributed by atoms with Crippen LogP contribution in [0, 0.1) is 0 Å². The number of amides is 1. The second-order valence-electron chi connectivity index (χ2n) is 10.2. The normalized spacial score (nSPS) is 16.2. The van der Waals surface area contributed by atoms with E-state index in [1.807, 2.05) is 55.5 Å². The molecule has 1 saturated heterocycles. The lowest BCUT2D eigenvalue weighted by Gasteiger charge is -2.31. The van der Waals surface area contributed by atoms with Gasteiger partial charge in [-0.15, -0.1) is 15.0 Å². The van der Waals surface area contributed by atoms with Gasteiger partial charge >= 0.3 is 6.16 Å². The van der Waals surface area contributed by atoms with Crippen molar-refractivity contribution in [3.05, 3.63) is 77.6 Å². The van der Waals surface area contributed by atoms with Gasteiger partial charge in [-0.3, -0.25) is 24.9 Å². The molecule has 2 aromatic carbocycles. The Kier molecular flexibility index (Phi) is 11.1. The van der Waals surface area contributed by atoms with E-state index in [2.05, 4.69) is 31.8 Å². The first kappa shape index (κ1) is 32.9. The molecule has 45 heavy (non-hydrogen) atoms. The number of allylic oxidation sites excluding steroid dienone is 2. The summed E-state index contributed by atoms with van der Waals surface area (Å²) in [6, 6.07) is 15.4. The minimum atomic E-state index is -0.957. The van der Waals surface area contributed by atoms with Gasteiger partial charge in [0.1, 0.15) is 5.84 Å². The molecule has 238 valence electrons. The van der Waals surface area contributed by atoms with Crippen LogP contribution in [-0.2, 0) is 25.7 Å². The van der Waals surface area contributed by atoms with Crippen molar-refractivity contribution >= 4 is 17.9 Å². The molecular weight excluding hydrogens is 584 g/mol. The number of tetrazole rings is 1. The molecule has 4 rings (SSSR count). The van der Waals surface area contributed by atoms with Crippen LogP contribution in [0.1, 0.15) is 51.8 Å². The molecule has 4 N–H and O–H groups in total. The number of ether oxygens (including phenoxy) is 2. The van der Waals surface area contributed by atoms with Crippen LogP contribution in [0.3, 0.4) is 0 Å².